The van der Waals surface area contributed by atoms with E-state index in [0.29, 0.717) is 54.3 Å². The third-order valence-electron chi connectivity index (χ3n) is 8.31. The number of pyridine rings is 1. The van der Waals surface area contributed by atoms with Crippen LogP contribution in [0.15, 0.2) is 36.5 Å². The minimum absolute atomic E-state index is 0.0393. The summed E-state index contributed by atoms with van der Waals surface area (Å²) >= 11 is 0. The van der Waals surface area contributed by atoms with Crippen molar-refractivity contribution < 1.29 is 27.8 Å². The number of halogens is 2. The molecule has 4 aromatic rings. The zero-order valence-electron chi connectivity index (χ0n) is 26.6. The zero-order valence-corrected chi connectivity index (χ0v) is 26.6. The average Bonchev–Trinajstić information content (AvgIpc) is 3.58. The molecule has 0 radical (unpaired) electrons. The Morgan fingerprint density at radius 1 is 1.15 bits per heavy atom. The van der Waals surface area contributed by atoms with Gasteiger partial charge in [0.15, 0.2) is 5.75 Å². The highest BCUT2D eigenvalue weighted by atomic mass is 19.3. The molecule has 11 nitrogen and oxygen atoms in total. The van der Waals surface area contributed by atoms with E-state index in [1.54, 1.807) is 29.1 Å². The number of amides is 1. The second-order valence-corrected chi connectivity index (χ2v) is 12.9. The summed E-state index contributed by atoms with van der Waals surface area (Å²) in [5.74, 6) is -1.74. The number of alkyl halides is 2. The number of aromatic amines is 1. The van der Waals surface area contributed by atoms with E-state index < -0.39 is 23.7 Å². The highest BCUT2D eigenvalue weighted by Crippen LogP contribution is 2.42. The molecule has 2 aliphatic rings. The second-order valence-electron chi connectivity index (χ2n) is 12.9. The van der Waals surface area contributed by atoms with Gasteiger partial charge in [-0.25, -0.2) is 18.6 Å². The minimum atomic E-state index is -2.82. The molecule has 2 aliphatic heterocycles. The summed E-state index contributed by atoms with van der Waals surface area (Å²) in [5, 5.41) is 19.0. The molecule has 0 saturated carbocycles. The quantitative estimate of drug-likeness (QED) is 0.279. The molecule has 242 valence electrons. The Bertz CT molecular complexity index is 1820. The van der Waals surface area contributed by atoms with Gasteiger partial charge in [-0.1, -0.05) is 18.2 Å². The molecule has 1 N–H and O–H groups in total. The van der Waals surface area contributed by atoms with Crippen molar-refractivity contribution in [3.05, 3.63) is 47.7 Å². The number of nitrogens with one attached hydrogen (secondary N) is 1. The molecule has 6 rings (SSSR count). The number of H-pyrrole nitrogens is 1. The van der Waals surface area contributed by atoms with Gasteiger partial charge in [0.05, 0.1) is 29.3 Å². The number of fused-ring (bicyclic) bond motifs is 2. The number of nitriles is 1. The van der Waals surface area contributed by atoms with Crippen molar-refractivity contribution in [1.29, 1.82) is 5.26 Å². The van der Waals surface area contributed by atoms with Crippen LogP contribution in [0.3, 0.4) is 0 Å². The molecule has 2 aromatic carbocycles. The Hall–Kier alpha value is -4.70. The number of rotatable bonds is 6. The predicted molar refractivity (Wildman–Crippen MR) is 169 cm³/mol. The lowest BCUT2D eigenvalue weighted by Gasteiger charge is -2.37. The van der Waals surface area contributed by atoms with Crippen molar-refractivity contribution in [2.45, 2.75) is 51.7 Å². The van der Waals surface area contributed by atoms with Crippen LogP contribution in [0.25, 0.3) is 21.8 Å². The van der Waals surface area contributed by atoms with E-state index in [-0.39, 0.29) is 31.0 Å². The largest absolute Gasteiger partial charge is 0.475 e. The van der Waals surface area contributed by atoms with Crippen LogP contribution in [0.2, 0.25) is 0 Å². The Morgan fingerprint density at radius 2 is 1.91 bits per heavy atom. The maximum absolute atomic E-state index is 14.2. The molecule has 1 atom stereocenters. The Kier molecular flexibility index (Phi) is 8.10. The number of para-hydroxylation sites is 1. The number of carbonyl (C=O) groups is 1. The van der Waals surface area contributed by atoms with Gasteiger partial charge in [-0.15, -0.1) is 0 Å². The number of nitrogens with zero attached hydrogens (tertiary/aromatic N) is 6. The van der Waals surface area contributed by atoms with E-state index in [9.17, 15) is 18.8 Å². The van der Waals surface area contributed by atoms with E-state index in [1.165, 1.54) is 0 Å². The normalized spacial score (nSPS) is 18.6. The number of hydrogen-bond acceptors (Lipinski definition) is 9. The first kappa shape index (κ1) is 31.3. The van der Waals surface area contributed by atoms with Crippen LogP contribution < -0.4 is 14.4 Å². The van der Waals surface area contributed by atoms with Crippen molar-refractivity contribution in [2.24, 2.45) is 0 Å². The van der Waals surface area contributed by atoms with E-state index in [2.05, 4.69) is 16.3 Å². The molecule has 0 aliphatic carbocycles. The van der Waals surface area contributed by atoms with Gasteiger partial charge in [-0.2, -0.15) is 10.4 Å². The summed E-state index contributed by atoms with van der Waals surface area (Å²) in [5.41, 5.74) is 2.30. The fraction of sp³-hybridized carbons (Fsp3) is 0.455. The molecule has 1 amide bonds. The van der Waals surface area contributed by atoms with Gasteiger partial charge in [0.2, 0.25) is 5.88 Å². The third kappa shape index (κ3) is 6.22. The molecular formula is C33H37F2N7O4. The van der Waals surface area contributed by atoms with Crippen LogP contribution in [0.5, 0.6) is 17.4 Å². The molecular weight excluding hydrogens is 596 g/mol. The monoisotopic (exact) mass is 633 g/mol. The lowest BCUT2D eigenvalue weighted by molar-refractivity contribution is 0.0136. The van der Waals surface area contributed by atoms with Gasteiger partial charge in [0.25, 0.3) is 5.92 Å². The summed E-state index contributed by atoms with van der Waals surface area (Å²) in [6.07, 6.45) is 0.955. The van der Waals surface area contributed by atoms with E-state index in [0.717, 1.165) is 16.5 Å². The third-order valence-corrected chi connectivity index (χ3v) is 8.31. The summed E-state index contributed by atoms with van der Waals surface area (Å²) < 4.78 is 46.5. The Labute approximate surface area is 265 Å². The van der Waals surface area contributed by atoms with Crippen LogP contribution in [0.1, 0.15) is 38.3 Å². The second kappa shape index (κ2) is 11.9. The first-order valence-corrected chi connectivity index (χ1v) is 15.2. The van der Waals surface area contributed by atoms with Crippen LogP contribution in [0, 0.1) is 18.3 Å². The maximum atomic E-state index is 14.2. The van der Waals surface area contributed by atoms with Gasteiger partial charge in [0.1, 0.15) is 35.1 Å². The average molecular weight is 634 g/mol. The zero-order chi connectivity index (χ0) is 32.8. The van der Waals surface area contributed by atoms with Gasteiger partial charge >= 0.3 is 6.09 Å². The van der Waals surface area contributed by atoms with E-state index in [1.807, 2.05) is 56.9 Å². The predicted octanol–water partition coefficient (Wildman–Crippen LogP) is 5.86. The molecule has 2 saturated heterocycles. The van der Waals surface area contributed by atoms with E-state index in [4.69, 9.17) is 19.2 Å². The number of likely N-dealkylation sites (tertiary alicyclic amines) is 1. The molecule has 2 fully saturated rings. The highest BCUT2D eigenvalue weighted by Gasteiger charge is 2.43. The lowest BCUT2D eigenvalue weighted by atomic mass is 10.1. The maximum Gasteiger partial charge on any atom is 0.410 e. The molecule has 0 spiro atoms. The first-order chi connectivity index (χ1) is 21.8. The van der Waals surface area contributed by atoms with Crippen LogP contribution >= 0.6 is 0 Å². The number of benzene rings is 2. The van der Waals surface area contributed by atoms with E-state index >= 15 is 0 Å². The van der Waals surface area contributed by atoms with Crippen LogP contribution in [0.4, 0.5) is 19.3 Å². The van der Waals surface area contributed by atoms with Gasteiger partial charge in [0, 0.05) is 44.0 Å². The Balaban J connectivity index is 1.40. The molecule has 46 heavy (non-hydrogen) atoms. The van der Waals surface area contributed by atoms with Crippen LogP contribution in [-0.4, -0.2) is 95.0 Å². The summed E-state index contributed by atoms with van der Waals surface area (Å²) in [6, 6.07) is 11.1. The first-order valence-electron chi connectivity index (χ1n) is 15.2. The van der Waals surface area contributed by atoms with Gasteiger partial charge in [-0.3, -0.25) is 10.00 Å². The smallest absolute Gasteiger partial charge is 0.410 e. The highest BCUT2D eigenvalue weighted by molar-refractivity contribution is 5.99. The molecule has 4 heterocycles. The molecule has 13 heteroatoms. The van der Waals surface area contributed by atoms with Crippen molar-refractivity contribution in [3.63, 3.8) is 0 Å². The van der Waals surface area contributed by atoms with Crippen molar-refractivity contribution in [1.82, 2.24) is 25.0 Å². The van der Waals surface area contributed by atoms with Crippen LogP contribution in [-0.2, 0) is 4.74 Å². The number of anilines is 1. The number of ether oxygens (including phenoxy) is 3. The fourth-order valence-corrected chi connectivity index (χ4v) is 6.04. The Morgan fingerprint density at radius 3 is 2.59 bits per heavy atom. The number of piperazine rings is 1. The molecule has 2 aromatic heterocycles. The summed E-state index contributed by atoms with van der Waals surface area (Å²) in [4.78, 5) is 22.8. The van der Waals surface area contributed by atoms with Crippen molar-refractivity contribution >= 4 is 33.6 Å². The molecule has 1 unspecified atom stereocenters. The van der Waals surface area contributed by atoms with Crippen molar-refractivity contribution in [3.8, 4) is 23.4 Å². The SMILES string of the molecule is Cc1ccc2[nH]ncc2c1Oc1cccc2c(N3CCN(C(=O)OC(C)(C)C)CC3)c(C#N)c(OCC3CC(F)(F)CN3C)nc12. The standard InChI is InChI=1S/C33H37F2N7O4/c1-20-9-10-25-24(17-37-39-25)29(20)45-26-8-6-7-22-27(26)38-30(44-18-21-15-33(34,35)19-40(21)5)23(16-36)28(22)41-11-13-42(14-12-41)31(43)46-32(2,3)4/h6-10,17,21H,11-15,18-19H2,1-5H3,(H,37,39). The lowest BCUT2D eigenvalue weighted by Crippen LogP contribution is -2.50. The van der Waals surface area contributed by atoms with Gasteiger partial charge < -0.3 is 24.0 Å². The fourth-order valence-electron chi connectivity index (χ4n) is 6.04. The summed E-state index contributed by atoms with van der Waals surface area (Å²) in [6.45, 7) is 8.57. The topological polar surface area (TPSA) is 120 Å². The van der Waals surface area contributed by atoms with Gasteiger partial charge in [-0.05, 0) is 52.4 Å². The number of aromatic nitrogens is 3. The molecule has 0 bridgehead atoms. The summed E-state index contributed by atoms with van der Waals surface area (Å²) in [7, 11) is 1.63. The number of aryl methyl sites for hydroxylation is 1. The number of likely N-dealkylation sites (N-methyl/N-ethyl adjacent to an activating group) is 1. The minimum Gasteiger partial charge on any atom is -0.475 e. The number of hydrogen-bond donors (Lipinski definition) is 1. The number of carbonyl (C=O) groups excluding carboxylic acids is 1. The van der Waals surface area contributed by atoms with Crippen molar-refractivity contribution in [2.75, 3.05) is 51.3 Å².